The fourth-order valence-electron chi connectivity index (χ4n) is 2.04. The van der Waals surface area contributed by atoms with Crippen LogP contribution in [0.3, 0.4) is 0 Å². The van der Waals surface area contributed by atoms with Gasteiger partial charge in [0.05, 0.1) is 0 Å². The van der Waals surface area contributed by atoms with E-state index in [1.165, 1.54) is 0 Å². The number of pyridine rings is 1. The van der Waals surface area contributed by atoms with E-state index in [1.807, 2.05) is 12.1 Å². The highest BCUT2D eigenvalue weighted by atomic mass is 79.9. The van der Waals surface area contributed by atoms with E-state index in [9.17, 15) is 4.79 Å². The average molecular weight is 313 g/mol. The average Bonchev–Trinajstić information content (AvgIpc) is 2.39. The lowest BCUT2D eigenvalue weighted by Gasteiger charge is -2.37. The third-order valence-corrected chi connectivity index (χ3v) is 3.44. The van der Waals surface area contributed by atoms with Crippen molar-refractivity contribution in [1.29, 1.82) is 0 Å². The Morgan fingerprint density at radius 1 is 1.56 bits per heavy atom. The zero-order chi connectivity index (χ0) is 13.1. The molecule has 2 rings (SSSR count). The molecule has 1 N–H and O–H groups in total. The van der Waals surface area contributed by atoms with Crippen LogP contribution < -0.4 is 10.2 Å². The molecule has 0 bridgehead atoms. The normalized spacial score (nSPS) is 19.7. The Bertz CT molecular complexity index is 421. The molecule has 0 saturated carbocycles. The van der Waals surface area contributed by atoms with Crippen LogP contribution in [0.15, 0.2) is 22.8 Å². The fraction of sp³-hybridized carbons (Fsp3) is 0.500. The Labute approximate surface area is 115 Å². The van der Waals surface area contributed by atoms with E-state index < -0.39 is 0 Å². The van der Waals surface area contributed by atoms with Crippen molar-refractivity contribution in [1.82, 2.24) is 15.2 Å². The maximum atomic E-state index is 12.2. The number of halogens is 1. The smallest absolute Gasteiger partial charge is 0.246 e. The van der Waals surface area contributed by atoms with Crippen molar-refractivity contribution in [3.63, 3.8) is 0 Å². The number of amides is 1. The van der Waals surface area contributed by atoms with Gasteiger partial charge in [0.15, 0.2) is 0 Å². The van der Waals surface area contributed by atoms with Gasteiger partial charge >= 0.3 is 0 Å². The van der Waals surface area contributed by atoms with Crippen LogP contribution in [-0.4, -0.2) is 55.6 Å². The van der Waals surface area contributed by atoms with E-state index in [-0.39, 0.29) is 11.9 Å². The number of nitrogens with zero attached hydrogens (tertiary/aromatic N) is 3. The van der Waals surface area contributed by atoms with Gasteiger partial charge in [-0.3, -0.25) is 4.79 Å². The molecule has 18 heavy (non-hydrogen) atoms. The number of hydrogen-bond acceptors (Lipinski definition) is 4. The number of carbonyl (C=O) groups is 1. The van der Waals surface area contributed by atoms with Crippen LogP contribution in [0, 0.1) is 0 Å². The summed E-state index contributed by atoms with van der Waals surface area (Å²) in [6.45, 7) is 2.32. The van der Waals surface area contributed by atoms with E-state index >= 15 is 0 Å². The van der Waals surface area contributed by atoms with Gasteiger partial charge in [0, 0.05) is 44.4 Å². The Morgan fingerprint density at radius 2 is 2.33 bits per heavy atom. The molecule has 6 heteroatoms. The Kier molecular flexibility index (Phi) is 4.19. The van der Waals surface area contributed by atoms with Crippen LogP contribution in [-0.2, 0) is 4.79 Å². The number of aromatic nitrogens is 1. The van der Waals surface area contributed by atoms with E-state index in [0.29, 0.717) is 6.54 Å². The number of piperazine rings is 1. The summed E-state index contributed by atoms with van der Waals surface area (Å²) in [4.78, 5) is 20.2. The van der Waals surface area contributed by atoms with Gasteiger partial charge in [-0.25, -0.2) is 4.98 Å². The predicted molar refractivity (Wildman–Crippen MR) is 74.6 cm³/mol. The predicted octanol–water partition coefficient (Wildman–Crippen LogP) is 0.710. The molecule has 0 radical (unpaired) electrons. The molecule has 0 aliphatic carbocycles. The van der Waals surface area contributed by atoms with Crippen LogP contribution in [0.1, 0.15) is 0 Å². The number of rotatable bonds is 2. The lowest BCUT2D eigenvalue weighted by Crippen LogP contribution is -2.58. The molecule has 1 unspecified atom stereocenters. The van der Waals surface area contributed by atoms with E-state index in [0.717, 1.165) is 23.4 Å². The number of anilines is 1. The molecule has 2 heterocycles. The lowest BCUT2D eigenvalue weighted by molar-refractivity contribution is -0.130. The maximum Gasteiger partial charge on any atom is 0.246 e. The van der Waals surface area contributed by atoms with E-state index in [2.05, 4.69) is 31.1 Å². The first-order chi connectivity index (χ1) is 8.59. The van der Waals surface area contributed by atoms with Crippen LogP contribution in [0.4, 0.5) is 5.82 Å². The number of hydrogen-bond donors (Lipinski definition) is 1. The van der Waals surface area contributed by atoms with Crippen LogP contribution in [0.25, 0.3) is 0 Å². The minimum absolute atomic E-state index is 0.104. The van der Waals surface area contributed by atoms with Crippen molar-refractivity contribution in [3.8, 4) is 0 Å². The van der Waals surface area contributed by atoms with Crippen LogP contribution >= 0.6 is 15.9 Å². The molecule has 0 spiro atoms. The van der Waals surface area contributed by atoms with Gasteiger partial charge in [0.1, 0.15) is 11.9 Å². The molecule has 5 nitrogen and oxygen atoms in total. The molecule has 0 aromatic carbocycles. The molecular weight excluding hydrogens is 296 g/mol. The molecule has 1 amide bonds. The molecule has 1 aromatic rings. The van der Waals surface area contributed by atoms with Gasteiger partial charge < -0.3 is 15.1 Å². The second-order valence-electron chi connectivity index (χ2n) is 4.48. The summed E-state index contributed by atoms with van der Waals surface area (Å²) >= 11 is 3.37. The standard InChI is InChI=1S/C12H17BrN4O/c1-16(2)12(18)10-8-14-5-6-17(10)11-4-3-9(13)7-15-11/h3-4,7,10,14H,5-6,8H2,1-2H3. The van der Waals surface area contributed by atoms with Gasteiger partial charge in [-0.05, 0) is 28.1 Å². The van der Waals surface area contributed by atoms with Crippen molar-refractivity contribution in [3.05, 3.63) is 22.8 Å². The molecule has 1 aliphatic rings. The van der Waals surface area contributed by atoms with Gasteiger partial charge in [-0.15, -0.1) is 0 Å². The first kappa shape index (κ1) is 13.3. The zero-order valence-electron chi connectivity index (χ0n) is 10.6. The summed E-state index contributed by atoms with van der Waals surface area (Å²) < 4.78 is 0.942. The molecule has 1 atom stereocenters. The highest BCUT2D eigenvalue weighted by molar-refractivity contribution is 9.10. The summed E-state index contributed by atoms with van der Waals surface area (Å²) in [6, 6.07) is 3.70. The monoisotopic (exact) mass is 312 g/mol. The van der Waals surface area contributed by atoms with Crippen molar-refractivity contribution in [2.24, 2.45) is 0 Å². The number of likely N-dealkylation sites (N-methyl/N-ethyl adjacent to an activating group) is 1. The topological polar surface area (TPSA) is 48.5 Å². The molecule has 1 aromatic heterocycles. The minimum Gasteiger partial charge on any atom is -0.347 e. The largest absolute Gasteiger partial charge is 0.347 e. The molecule has 1 aliphatic heterocycles. The minimum atomic E-state index is -0.178. The van der Waals surface area contributed by atoms with E-state index in [1.54, 1.807) is 25.2 Å². The lowest BCUT2D eigenvalue weighted by atomic mass is 10.1. The number of carbonyl (C=O) groups excluding carboxylic acids is 1. The molecule has 98 valence electrons. The van der Waals surface area contributed by atoms with Crippen molar-refractivity contribution < 1.29 is 4.79 Å². The maximum absolute atomic E-state index is 12.2. The Balaban J connectivity index is 2.22. The first-order valence-corrected chi connectivity index (χ1v) is 6.69. The van der Waals surface area contributed by atoms with Gasteiger partial charge in [-0.1, -0.05) is 0 Å². The van der Waals surface area contributed by atoms with Crippen LogP contribution in [0.5, 0.6) is 0 Å². The van der Waals surface area contributed by atoms with Gasteiger partial charge in [-0.2, -0.15) is 0 Å². The summed E-state index contributed by atoms with van der Waals surface area (Å²) in [6.07, 6.45) is 1.76. The van der Waals surface area contributed by atoms with Gasteiger partial charge in [0.25, 0.3) is 0 Å². The third-order valence-electron chi connectivity index (χ3n) is 2.98. The molecule has 1 fully saturated rings. The third kappa shape index (κ3) is 2.81. The van der Waals surface area contributed by atoms with Crippen LogP contribution in [0.2, 0.25) is 0 Å². The van der Waals surface area contributed by atoms with Gasteiger partial charge in [0.2, 0.25) is 5.91 Å². The molecular formula is C12H17BrN4O. The highest BCUT2D eigenvalue weighted by Gasteiger charge is 2.30. The van der Waals surface area contributed by atoms with E-state index in [4.69, 9.17) is 0 Å². The van der Waals surface area contributed by atoms with Crippen molar-refractivity contribution >= 4 is 27.7 Å². The highest BCUT2D eigenvalue weighted by Crippen LogP contribution is 2.18. The Hall–Kier alpha value is -1.14. The summed E-state index contributed by atoms with van der Waals surface area (Å²) in [5.74, 6) is 0.951. The summed E-state index contributed by atoms with van der Waals surface area (Å²) in [5.41, 5.74) is 0. The quantitative estimate of drug-likeness (QED) is 0.874. The zero-order valence-corrected chi connectivity index (χ0v) is 12.1. The van der Waals surface area contributed by atoms with Crippen molar-refractivity contribution in [2.75, 3.05) is 38.6 Å². The van der Waals surface area contributed by atoms with Crippen molar-refractivity contribution in [2.45, 2.75) is 6.04 Å². The Morgan fingerprint density at radius 3 is 2.94 bits per heavy atom. The molecule has 1 saturated heterocycles. The summed E-state index contributed by atoms with van der Waals surface area (Å²) in [5, 5.41) is 3.26. The first-order valence-electron chi connectivity index (χ1n) is 5.89. The fourth-order valence-corrected chi connectivity index (χ4v) is 2.27. The second kappa shape index (κ2) is 5.67. The summed E-state index contributed by atoms with van der Waals surface area (Å²) in [7, 11) is 3.56. The SMILES string of the molecule is CN(C)C(=O)C1CNCCN1c1ccc(Br)cn1. The second-order valence-corrected chi connectivity index (χ2v) is 5.40. The number of nitrogens with one attached hydrogen (secondary N) is 1.